The van der Waals surface area contributed by atoms with E-state index in [0.717, 1.165) is 32.7 Å². The molecule has 2 heterocycles. The van der Waals surface area contributed by atoms with E-state index in [1.165, 1.54) is 23.9 Å². The van der Waals surface area contributed by atoms with Crippen molar-refractivity contribution in [3.05, 3.63) is 59.5 Å². The Labute approximate surface area is 136 Å². The van der Waals surface area contributed by atoms with Gasteiger partial charge in [0.05, 0.1) is 12.8 Å². The second kappa shape index (κ2) is 6.14. The summed E-state index contributed by atoms with van der Waals surface area (Å²) in [5.41, 5.74) is 1.55. The third kappa shape index (κ3) is 2.87. The molecule has 4 nitrogen and oxygen atoms in total. The van der Waals surface area contributed by atoms with Crippen LogP contribution in [0.15, 0.2) is 47.6 Å². The van der Waals surface area contributed by atoms with Crippen molar-refractivity contribution >= 4 is 22.5 Å². The van der Waals surface area contributed by atoms with E-state index < -0.39 is 0 Å². The van der Waals surface area contributed by atoms with Crippen LogP contribution in [0.1, 0.15) is 11.1 Å². The van der Waals surface area contributed by atoms with E-state index in [-0.39, 0.29) is 12.6 Å². The van der Waals surface area contributed by atoms with Crippen molar-refractivity contribution < 1.29 is 13.9 Å². The van der Waals surface area contributed by atoms with E-state index in [1.54, 1.807) is 6.20 Å². The molecular weight excluding hydrogens is 315 g/mol. The summed E-state index contributed by atoms with van der Waals surface area (Å²) in [7, 11) is 0. The Bertz CT molecular complexity index is 867. The molecule has 1 aromatic heterocycles. The molecule has 116 valence electrons. The predicted molar refractivity (Wildman–Crippen MR) is 85.8 cm³/mol. The molecular formula is C17H13FN2O2S. The average molecular weight is 328 g/mol. The summed E-state index contributed by atoms with van der Waals surface area (Å²) in [5, 5.41) is 11.2. The van der Waals surface area contributed by atoms with Gasteiger partial charge in [0.2, 0.25) is 0 Å². The predicted octanol–water partition coefficient (Wildman–Crippen LogP) is 3.93. The van der Waals surface area contributed by atoms with E-state index in [1.807, 2.05) is 24.3 Å². The van der Waals surface area contributed by atoms with Gasteiger partial charge in [0.15, 0.2) is 6.79 Å². The second-order valence-electron chi connectivity index (χ2n) is 5.19. The lowest BCUT2D eigenvalue weighted by atomic mass is 10.1. The summed E-state index contributed by atoms with van der Waals surface area (Å²) in [6.07, 6.45) is 1.74. The van der Waals surface area contributed by atoms with Crippen molar-refractivity contribution in [2.75, 3.05) is 6.79 Å². The van der Waals surface area contributed by atoms with Crippen molar-refractivity contribution in [1.29, 1.82) is 0 Å². The van der Waals surface area contributed by atoms with Gasteiger partial charge in [-0.05, 0) is 12.1 Å². The molecule has 0 aliphatic carbocycles. The van der Waals surface area contributed by atoms with Gasteiger partial charge in [-0.3, -0.25) is 0 Å². The minimum atomic E-state index is -0.280. The number of rotatable bonds is 3. The van der Waals surface area contributed by atoms with Gasteiger partial charge in [0.1, 0.15) is 16.6 Å². The molecule has 2 aromatic carbocycles. The van der Waals surface area contributed by atoms with Crippen molar-refractivity contribution in [3.8, 4) is 5.75 Å². The standard InChI is InChI=1S/C17H13FN2O2S/c18-14-5-12-8-21-10-22-16(12)13(6-14)9-23-17-15-4-2-1-3-11(15)7-19-20-17/h1-7H,8-10H2. The molecule has 0 unspecified atom stereocenters. The molecule has 0 fully saturated rings. The Hall–Kier alpha value is -2.18. The first-order valence-electron chi connectivity index (χ1n) is 7.16. The number of aromatic nitrogens is 2. The Morgan fingerprint density at radius 1 is 1.22 bits per heavy atom. The molecule has 0 bridgehead atoms. The fourth-order valence-electron chi connectivity index (χ4n) is 2.62. The van der Waals surface area contributed by atoms with Gasteiger partial charge >= 0.3 is 0 Å². The van der Waals surface area contributed by atoms with Crippen LogP contribution >= 0.6 is 11.8 Å². The molecule has 6 heteroatoms. The summed E-state index contributed by atoms with van der Waals surface area (Å²) in [5.74, 6) is 0.999. The van der Waals surface area contributed by atoms with Crippen LogP contribution in [0.2, 0.25) is 0 Å². The number of nitrogens with zero attached hydrogens (tertiary/aromatic N) is 2. The van der Waals surface area contributed by atoms with Crippen LogP contribution in [0.4, 0.5) is 4.39 Å². The number of fused-ring (bicyclic) bond motifs is 2. The van der Waals surface area contributed by atoms with Gasteiger partial charge in [0.25, 0.3) is 0 Å². The van der Waals surface area contributed by atoms with Crippen LogP contribution in [0, 0.1) is 5.82 Å². The first-order valence-corrected chi connectivity index (χ1v) is 8.15. The molecule has 0 amide bonds. The molecule has 0 spiro atoms. The van der Waals surface area contributed by atoms with Gasteiger partial charge in [-0.2, -0.15) is 5.10 Å². The highest BCUT2D eigenvalue weighted by Gasteiger charge is 2.17. The van der Waals surface area contributed by atoms with Gasteiger partial charge < -0.3 is 9.47 Å². The summed E-state index contributed by atoms with van der Waals surface area (Å²) < 4.78 is 24.5. The lowest BCUT2D eigenvalue weighted by molar-refractivity contribution is -0.0171. The van der Waals surface area contributed by atoms with Gasteiger partial charge in [0, 0.05) is 27.7 Å². The quantitative estimate of drug-likeness (QED) is 0.682. The molecule has 0 saturated heterocycles. The van der Waals surface area contributed by atoms with Gasteiger partial charge in [-0.1, -0.05) is 36.0 Å². The Balaban J connectivity index is 1.65. The summed E-state index contributed by atoms with van der Waals surface area (Å²) in [4.78, 5) is 0. The van der Waals surface area contributed by atoms with E-state index in [9.17, 15) is 4.39 Å². The van der Waals surface area contributed by atoms with Crippen LogP contribution < -0.4 is 4.74 Å². The third-order valence-corrected chi connectivity index (χ3v) is 4.68. The van der Waals surface area contributed by atoms with E-state index in [2.05, 4.69) is 10.2 Å². The summed E-state index contributed by atoms with van der Waals surface area (Å²) in [6.45, 7) is 0.573. The fraction of sp³-hybridized carbons (Fsp3) is 0.176. The first-order chi connectivity index (χ1) is 11.3. The molecule has 0 radical (unpaired) electrons. The Morgan fingerprint density at radius 3 is 3.09 bits per heavy atom. The number of halogens is 1. The Kier molecular flexibility index (Phi) is 3.85. The van der Waals surface area contributed by atoms with Crippen molar-refractivity contribution in [3.63, 3.8) is 0 Å². The highest BCUT2D eigenvalue weighted by Crippen LogP contribution is 2.35. The van der Waals surface area contributed by atoms with Crippen LogP contribution in [-0.4, -0.2) is 17.0 Å². The van der Waals surface area contributed by atoms with Crippen LogP contribution in [0.5, 0.6) is 5.75 Å². The van der Waals surface area contributed by atoms with Crippen LogP contribution in [-0.2, 0) is 17.1 Å². The smallest absolute Gasteiger partial charge is 0.189 e. The molecule has 0 saturated carbocycles. The summed E-state index contributed by atoms with van der Waals surface area (Å²) >= 11 is 1.52. The largest absolute Gasteiger partial charge is 0.467 e. The maximum absolute atomic E-state index is 13.8. The van der Waals surface area contributed by atoms with Gasteiger partial charge in [-0.25, -0.2) is 4.39 Å². The fourth-order valence-corrected chi connectivity index (χ4v) is 3.57. The van der Waals surface area contributed by atoms with E-state index in [0.29, 0.717) is 12.4 Å². The zero-order chi connectivity index (χ0) is 15.6. The lowest BCUT2D eigenvalue weighted by Gasteiger charge is -2.20. The van der Waals surface area contributed by atoms with E-state index >= 15 is 0 Å². The number of hydrogen-bond acceptors (Lipinski definition) is 5. The lowest BCUT2D eigenvalue weighted by Crippen LogP contribution is -2.13. The topological polar surface area (TPSA) is 44.2 Å². The summed E-state index contributed by atoms with van der Waals surface area (Å²) in [6, 6.07) is 10.9. The van der Waals surface area contributed by atoms with Crippen LogP contribution in [0.3, 0.4) is 0 Å². The zero-order valence-corrected chi connectivity index (χ0v) is 13.0. The monoisotopic (exact) mass is 328 g/mol. The first kappa shape index (κ1) is 14.4. The molecule has 23 heavy (non-hydrogen) atoms. The number of ether oxygens (including phenoxy) is 2. The number of benzene rings is 2. The molecule has 1 aliphatic heterocycles. The SMILES string of the molecule is Fc1cc2c(c(CSc3nncc4ccccc34)c1)OCOC2. The normalized spacial score (nSPS) is 13.6. The minimum Gasteiger partial charge on any atom is -0.467 e. The highest BCUT2D eigenvalue weighted by atomic mass is 32.2. The zero-order valence-electron chi connectivity index (χ0n) is 12.2. The number of hydrogen-bond donors (Lipinski definition) is 0. The average Bonchev–Trinajstić information content (AvgIpc) is 2.59. The maximum atomic E-state index is 13.8. The van der Waals surface area contributed by atoms with E-state index in [4.69, 9.17) is 9.47 Å². The molecule has 1 aliphatic rings. The maximum Gasteiger partial charge on any atom is 0.189 e. The molecule has 4 rings (SSSR count). The number of thioether (sulfide) groups is 1. The van der Waals surface area contributed by atoms with Crippen molar-refractivity contribution in [2.45, 2.75) is 17.4 Å². The molecule has 3 aromatic rings. The molecule has 0 atom stereocenters. The highest BCUT2D eigenvalue weighted by molar-refractivity contribution is 7.98. The van der Waals surface area contributed by atoms with Gasteiger partial charge in [-0.15, -0.1) is 5.10 Å². The third-order valence-electron chi connectivity index (χ3n) is 3.65. The van der Waals surface area contributed by atoms with Crippen LogP contribution in [0.25, 0.3) is 10.8 Å². The van der Waals surface area contributed by atoms with Crippen molar-refractivity contribution in [1.82, 2.24) is 10.2 Å². The second-order valence-corrected chi connectivity index (χ2v) is 6.15. The van der Waals surface area contributed by atoms with Crippen molar-refractivity contribution in [2.24, 2.45) is 0 Å². The Morgan fingerprint density at radius 2 is 2.13 bits per heavy atom. The minimum absolute atomic E-state index is 0.199. The molecule has 0 N–H and O–H groups in total.